The van der Waals surface area contributed by atoms with Crippen LogP contribution in [0.1, 0.15) is 23.8 Å². The molecule has 0 amide bonds. The van der Waals surface area contributed by atoms with Crippen molar-refractivity contribution in [3.8, 4) is 0 Å². The lowest BCUT2D eigenvalue weighted by Crippen LogP contribution is -2.52. The number of hydrogen-bond acceptors (Lipinski definition) is 7. The summed E-state index contributed by atoms with van der Waals surface area (Å²) in [5.41, 5.74) is 0.982. The highest BCUT2D eigenvalue weighted by Crippen LogP contribution is 2.08. The van der Waals surface area contributed by atoms with Crippen LogP contribution >= 0.6 is 11.8 Å². The maximum atomic E-state index is 4.93. The Kier molecular flexibility index (Phi) is 7.72. The van der Waals surface area contributed by atoms with Gasteiger partial charge in [-0.2, -0.15) is 11.8 Å². The molecule has 0 saturated carbocycles. The van der Waals surface area contributed by atoms with Crippen LogP contribution in [0.5, 0.6) is 0 Å². The number of hydrogen-bond donors (Lipinski definition) is 1. The molecule has 0 bridgehead atoms. The van der Waals surface area contributed by atoms with E-state index in [9.17, 15) is 0 Å². The van der Waals surface area contributed by atoms with E-state index < -0.39 is 0 Å². The standard InChI is InChI=1S/C18H30N8OS/c1-15-21-22-17(24(15)2)13-20-18(19-6-4-12-28-3)26-9-7-25(8-10-26)14-16-5-11-27-23-16/h5,11H,4,6-10,12-14H2,1-3H3,(H,19,20). The molecule has 1 aliphatic rings. The Hall–Kier alpha value is -2.07. The molecule has 0 aromatic carbocycles. The Morgan fingerprint density at radius 1 is 1.29 bits per heavy atom. The fourth-order valence-corrected chi connectivity index (χ4v) is 3.52. The number of guanidine groups is 1. The topological polar surface area (TPSA) is 87.6 Å². The van der Waals surface area contributed by atoms with Crippen LogP contribution in [0.15, 0.2) is 21.8 Å². The van der Waals surface area contributed by atoms with Crippen LogP contribution in [-0.4, -0.2) is 80.4 Å². The van der Waals surface area contributed by atoms with E-state index in [0.717, 1.165) is 74.7 Å². The van der Waals surface area contributed by atoms with Crippen LogP contribution < -0.4 is 5.32 Å². The van der Waals surface area contributed by atoms with Crippen molar-refractivity contribution in [2.24, 2.45) is 12.0 Å². The first-order chi connectivity index (χ1) is 13.7. The molecule has 10 heteroatoms. The molecule has 1 saturated heterocycles. The van der Waals surface area contributed by atoms with Crippen molar-refractivity contribution in [3.05, 3.63) is 29.7 Å². The van der Waals surface area contributed by atoms with Gasteiger partial charge in [-0.1, -0.05) is 5.16 Å². The van der Waals surface area contributed by atoms with E-state index in [1.54, 1.807) is 6.26 Å². The van der Waals surface area contributed by atoms with Gasteiger partial charge in [0.05, 0.1) is 5.69 Å². The van der Waals surface area contributed by atoms with Crippen molar-refractivity contribution in [2.45, 2.75) is 26.4 Å². The maximum Gasteiger partial charge on any atom is 0.194 e. The zero-order chi connectivity index (χ0) is 19.8. The molecule has 154 valence electrons. The number of nitrogens with one attached hydrogen (secondary N) is 1. The van der Waals surface area contributed by atoms with Crippen molar-refractivity contribution in [1.29, 1.82) is 0 Å². The second-order valence-corrected chi connectivity index (χ2v) is 7.88. The molecule has 0 aliphatic carbocycles. The third-order valence-electron chi connectivity index (χ3n) is 4.91. The Labute approximate surface area is 170 Å². The van der Waals surface area contributed by atoms with Gasteiger partial charge in [0.15, 0.2) is 11.8 Å². The van der Waals surface area contributed by atoms with Gasteiger partial charge >= 0.3 is 0 Å². The molecule has 0 radical (unpaired) electrons. The van der Waals surface area contributed by atoms with Gasteiger partial charge in [0.1, 0.15) is 18.6 Å². The number of aromatic nitrogens is 4. The van der Waals surface area contributed by atoms with Crippen molar-refractivity contribution in [3.63, 3.8) is 0 Å². The van der Waals surface area contributed by atoms with Crippen molar-refractivity contribution in [2.75, 3.05) is 44.7 Å². The van der Waals surface area contributed by atoms with Crippen LogP contribution in [0.3, 0.4) is 0 Å². The monoisotopic (exact) mass is 406 g/mol. The predicted octanol–water partition coefficient (Wildman–Crippen LogP) is 1.13. The van der Waals surface area contributed by atoms with Gasteiger partial charge in [0, 0.05) is 52.4 Å². The van der Waals surface area contributed by atoms with Gasteiger partial charge < -0.3 is 19.3 Å². The summed E-state index contributed by atoms with van der Waals surface area (Å²) in [6.07, 6.45) is 4.89. The highest BCUT2D eigenvalue weighted by molar-refractivity contribution is 7.98. The van der Waals surface area contributed by atoms with Crippen molar-refractivity contribution < 1.29 is 4.52 Å². The normalized spacial score (nSPS) is 16.0. The third-order valence-corrected chi connectivity index (χ3v) is 5.61. The Bertz CT molecular complexity index is 737. The molecule has 0 unspecified atom stereocenters. The van der Waals surface area contributed by atoms with E-state index in [2.05, 4.69) is 36.7 Å². The van der Waals surface area contributed by atoms with Crippen molar-refractivity contribution in [1.82, 2.24) is 35.0 Å². The first-order valence-electron chi connectivity index (χ1n) is 9.66. The second-order valence-electron chi connectivity index (χ2n) is 6.89. The molecule has 1 fully saturated rings. The smallest absolute Gasteiger partial charge is 0.194 e. The molecular formula is C18H30N8OS. The Balaban J connectivity index is 1.58. The van der Waals surface area contributed by atoms with Crippen LogP contribution in [0, 0.1) is 6.92 Å². The predicted molar refractivity (Wildman–Crippen MR) is 111 cm³/mol. The summed E-state index contributed by atoms with van der Waals surface area (Å²) in [6, 6.07) is 1.93. The van der Waals surface area contributed by atoms with E-state index in [1.807, 2.05) is 36.4 Å². The first kappa shape index (κ1) is 20.7. The molecule has 0 spiro atoms. The van der Waals surface area contributed by atoms with E-state index in [1.165, 1.54) is 0 Å². The molecule has 1 aliphatic heterocycles. The van der Waals surface area contributed by atoms with Crippen LogP contribution in [0.2, 0.25) is 0 Å². The maximum absolute atomic E-state index is 4.93. The summed E-state index contributed by atoms with van der Waals surface area (Å²) in [4.78, 5) is 9.58. The van der Waals surface area contributed by atoms with E-state index in [4.69, 9.17) is 9.52 Å². The van der Waals surface area contributed by atoms with Crippen LogP contribution in [0.4, 0.5) is 0 Å². The van der Waals surface area contributed by atoms with Gasteiger partial charge in [0.25, 0.3) is 0 Å². The lowest BCUT2D eigenvalue weighted by atomic mass is 10.3. The fraction of sp³-hybridized carbons (Fsp3) is 0.667. The summed E-state index contributed by atoms with van der Waals surface area (Å²) in [6.45, 7) is 8.06. The van der Waals surface area contributed by atoms with Gasteiger partial charge in [-0.3, -0.25) is 4.90 Å². The number of thioether (sulfide) groups is 1. The van der Waals surface area contributed by atoms with Crippen LogP contribution in [-0.2, 0) is 20.1 Å². The quantitative estimate of drug-likeness (QED) is 0.397. The number of piperazine rings is 1. The minimum atomic E-state index is 0.529. The number of rotatable bonds is 8. The van der Waals surface area contributed by atoms with E-state index in [-0.39, 0.29) is 0 Å². The summed E-state index contributed by atoms with van der Waals surface area (Å²) in [5, 5.41) is 15.9. The van der Waals surface area contributed by atoms with Gasteiger partial charge in [-0.05, 0) is 25.4 Å². The number of aliphatic imine (C=N–C) groups is 1. The van der Waals surface area contributed by atoms with Gasteiger partial charge in [-0.25, -0.2) is 4.99 Å². The molecule has 9 nitrogen and oxygen atoms in total. The summed E-state index contributed by atoms with van der Waals surface area (Å²) < 4.78 is 6.92. The minimum absolute atomic E-state index is 0.529. The molecular weight excluding hydrogens is 376 g/mol. The molecule has 2 aromatic rings. The van der Waals surface area contributed by atoms with Crippen LogP contribution in [0.25, 0.3) is 0 Å². The zero-order valence-corrected chi connectivity index (χ0v) is 17.8. The summed E-state index contributed by atoms with van der Waals surface area (Å²) in [7, 11) is 1.98. The third kappa shape index (κ3) is 5.71. The van der Waals surface area contributed by atoms with E-state index in [0.29, 0.717) is 6.54 Å². The van der Waals surface area contributed by atoms with Crippen molar-refractivity contribution >= 4 is 17.7 Å². The molecule has 3 rings (SSSR count). The zero-order valence-electron chi connectivity index (χ0n) is 17.0. The second kappa shape index (κ2) is 10.5. The SMILES string of the molecule is CSCCCNC(=NCc1nnc(C)n1C)N1CCN(Cc2ccon2)CC1. The average molecular weight is 407 g/mol. The molecule has 1 N–H and O–H groups in total. The van der Waals surface area contributed by atoms with E-state index >= 15 is 0 Å². The lowest BCUT2D eigenvalue weighted by molar-refractivity contribution is 0.169. The average Bonchev–Trinajstić information content (AvgIpc) is 3.33. The Morgan fingerprint density at radius 3 is 2.75 bits per heavy atom. The first-order valence-corrected chi connectivity index (χ1v) is 11.1. The highest BCUT2D eigenvalue weighted by Gasteiger charge is 2.20. The Morgan fingerprint density at radius 2 is 2.11 bits per heavy atom. The van der Waals surface area contributed by atoms with Gasteiger partial charge in [0.2, 0.25) is 0 Å². The fourth-order valence-electron chi connectivity index (χ4n) is 3.08. The highest BCUT2D eigenvalue weighted by atomic mass is 32.2. The largest absolute Gasteiger partial charge is 0.364 e. The molecule has 0 atom stereocenters. The lowest BCUT2D eigenvalue weighted by Gasteiger charge is -2.36. The summed E-state index contributed by atoms with van der Waals surface area (Å²) in [5.74, 6) is 3.89. The number of aryl methyl sites for hydroxylation is 1. The van der Waals surface area contributed by atoms with Gasteiger partial charge in [-0.15, -0.1) is 10.2 Å². The summed E-state index contributed by atoms with van der Waals surface area (Å²) >= 11 is 1.87. The molecule has 3 heterocycles. The molecule has 2 aromatic heterocycles. The molecule has 28 heavy (non-hydrogen) atoms. The minimum Gasteiger partial charge on any atom is -0.364 e. The number of nitrogens with zero attached hydrogens (tertiary/aromatic N) is 7.